The number of ether oxygens (including phenoxy) is 1. The number of hydrogen-bond acceptors (Lipinski definition) is 5. The number of carbonyl (C=O) groups is 1. The molecule has 6 nitrogen and oxygen atoms in total. The van der Waals surface area contributed by atoms with Gasteiger partial charge >= 0.3 is 6.18 Å². The summed E-state index contributed by atoms with van der Waals surface area (Å²) >= 11 is 0.643. The lowest BCUT2D eigenvalue weighted by Gasteiger charge is -2.26. The number of alkyl halides is 3. The number of hydrogen-bond donors (Lipinski definition) is 1. The summed E-state index contributed by atoms with van der Waals surface area (Å²) in [7, 11) is 1.46. The minimum Gasteiger partial charge on any atom is -0.494 e. The smallest absolute Gasteiger partial charge is 0.434 e. The minimum absolute atomic E-state index is 0.267. The fourth-order valence-electron chi connectivity index (χ4n) is 3.72. The Morgan fingerprint density at radius 3 is 2.63 bits per heavy atom. The van der Waals surface area contributed by atoms with Gasteiger partial charge in [-0.25, -0.2) is 4.98 Å². The van der Waals surface area contributed by atoms with E-state index in [0.29, 0.717) is 28.8 Å². The van der Waals surface area contributed by atoms with Crippen molar-refractivity contribution in [3.05, 3.63) is 34.4 Å². The molecule has 160 valence electrons. The van der Waals surface area contributed by atoms with Gasteiger partial charge in [0, 0.05) is 23.0 Å². The Hall–Kier alpha value is -2.62. The Labute approximate surface area is 175 Å². The van der Waals surface area contributed by atoms with Crippen molar-refractivity contribution in [1.29, 1.82) is 0 Å². The third-order valence-electron chi connectivity index (χ3n) is 5.44. The highest BCUT2D eigenvalue weighted by Gasteiger charge is 2.34. The van der Waals surface area contributed by atoms with Crippen LogP contribution in [0.15, 0.2) is 23.7 Å². The molecule has 0 bridgehead atoms. The second kappa shape index (κ2) is 7.90. The highest BCUT2D eigenvalue weighted by atomic mass is 32.1. The SMILES string of the molecule is COc1cc2nn([C@H]3CC[C@H](C)CC3)cc2cc1NC(=O)c1nc(C(F)(F)F)cs1. The lowest BCUT2D eigenvalue weighted by atomic mass is 9.87. The number of anilines is 1. The molecule has 1 amide bonds. The molecule has 0 unspecified atom stereocenters. The summed E-state index contributed by atoms with van der Waals surface area (Å²) in [5.74, 6) is 0.393. The van der Waals surface area contributed by atoms with E-state index in [1.165, 1.54) is 20.0 Å². The van der Waals surface area contributed by atoms with Crippen molar-refractivity contribution in [2.45, 2.75) is 44.8 Å². The first kappa shape index (κ1) is 20.6. The normalized spacial score (nSPS) is 19.8. The molecule has 2 heterocycles. The van der Waals surface area contributed by atoms with Crippen molar-refractivity contribution in [2.24, 2.45) is 5.92 Å². The number of carbonyl (C=O) groups excluding carboxylic acids is 1. The topological polar surface area (TPSA) is 69.0 Å². The molecule has 1 saturated carbocycles. The van der Waals surface area contributed by atoms with Gasteiger partial charge in [0.2, 0.25) is 0 Å². The molecule has 1 fully saturated rings. The van der Waals surface area contributed by atoms with Gasteiger partial charge in [0.25, 0.3) is 5.91 Å². The Balaban J connectivity index is 1.58. The van der Waals surface area contributed by atoms with Crippen LogP contribution in [-0.2, 0) is 6.18 Å². The average molecular weight is 438 g/mol. The van der Waals surface area contributed by atoms with E-state index in [1.807, 2.05) is 10.9 Å². The van der Waals surface area contributed by atoms with Gasteiger partial charge in [-0.1, -0.05) is 6.92 Å². The number of amides is 1. The van der Waals surface area contributed by atoms with Crippen molar-refractivity contribution < 1.29 is 22.7 Å². The summed E-state index contributed by atoms with van der Waals surface area (Å²) in [6, 6.07) is 3.78. The number of halogens is 3. The van der Waals surface area contributed by atoms with Gasteiger partial charge in [0.05, 0.1) is 24.4 Å². The molecule has 0 radical (unpaired) electrons. The maximum atomic E-state index is 12.7. The Morgan fingerprint density at radius 2 is 2.00 bits per heavy atom. The standard InChI is InChI=1S/C20H21F3N4O2S/c1-11-3-5-13(6-4-11)27-9-12-7-15(16(29-2)8-14(12)26-27)24-18(28)19-25-17(10-30-19)20(21,22)23/h7-11,13H,3-6H2,1-2H3,(H,24,28)/t11-,13-. The summed E-state index contributed by atoms with van der Waals surface area (Å²) in [5, 5.41) is 8.65. The molecular formula is C20H21F3N4O2S. The van der Waals surface area contributed by atoms with Gasteiger partial charge < -0.3 is 10.1 Å². The summed E-state index contributed by atoms with van der Waals surface area (Å²) in [6.45, 7) is 2.26. The zero-order valence-electron chi connectivity index (χ0n) is 16.5. The van der Waals surface area contributed by atoms with Crippen molar-refractivity contribution in [1.82, 2.24) is 14.8 Å². The molecule has 0 aliphatic heterocycles. The molecule has 2 aromatic heterocycles. The zero-order chi connectivity index (χ0) is 21.5. The maximum Gasteiger partial charge on any atom is 0.434 e. The van der Waals surface area contributed by atoms with Crippen LogP contribution < -0.4 is 10.1 Å². The van der Waals surface area contributed by atoms with E-state index in [9.17, 15) is 18.0 Å². The van der Waals surface area contributed by atoms with Crippen LogP contribution >= 0.6 is 11.3 Å². The summed E-state index contributed by atoms with van der Waals surface area (Å²) in [6.07, 6.45) is 1.83. The lowest BCUT2D eigenvalue weighted by Crippen LogP contribution is -2.16. The second-order valence-electron chi connectivity index (χ2n) is 7.62. The molecule has 4 rings (SSSR count). The summed E-state index contributed by atoms with van der Waals surface area (Å²) < 4.78 is 45.6. The van der Waals surface area contributed by atoms with E-state index in [-0.39, 0.29) is 5.01 Å². The van der Waals surface area contributed by atoms with E-state index in [4.69, 9.17) is 4.74 Å². The maximum absolute atomic E-state index is 12.7. The number of rotatable bonds is 4. The van der Waals surface area contributed by atoms with Gasteiger partial charge in [0.1, 0.15) is 5.75 Å². The molecule has 1 aliphatic rings. The van der Waals surface area contributed by atoms with E-state index < -0.39 is 17.8 Å². The molecule has 10 heteroatoms. The third kappa shape index (κ3) is 4.14. The van der Waals surface area contributed by atoms with Crippen LogP contribution in [0.4, 0.5) is 18.9 Å². The van der Waals surface area contributed by atoms with Gasteiger partial charge in [0.15, 0.2) is 10.7 Å². The van der Waals surface area contributed by atoms with Crippen LogP contribution in [0, 0.1) is 5.92 Å². The first-order valence-electron chi connectivity index (χ1n) is 9.65. The molecule has 0 atom stereocenters. The van der Waals surface area contributed by atoms with Crippen LogP contribution in [0.3, 0.4) is 0 Å². The Morgan fingerprint density at radius 1 is 1.27 bits per heavy atom. The lowest BCUT2D eigenvalue weighted by molar-refractivity contribution is -0.140. The fraction of sp³-hybridized carbons (Fsp3) is 0.450. The van der Waals surface area contributed by atoms with Gasteiger partial charge in [-0.15, -0.1) is 11.3 Å². The van der Waals surface area contributed by atoms with Crippen LogP contribution in [0.2, 0.25) is 0 Å². The largest absolute Gasteiger partial charge is 0.494 e. The number of fused-ring (bicyclic) bond motifs is 1. The molecule has 30 heavy (non-hydrogen) atoms. The first-order valence-corrected chi connectivity index (χ1v) is 10.5. The highest BCUT2D eigenvalue weighted by Crippen LogP contribution is 2.35. The van der Waals surface area contributed by atoms with Gasteiger partial charge in [-0.2, -0.15) is 18.3 Å². The third-order valence-corrected chi connectivity index (χ3v) is 6.28. The van der Waals surface area contributed by atoms with E-state index in [0.717, 1.165) is 35.0 Å². The predicted molar refractivity (Wildman–Crippen MR) is 108 cm³/mol. The second-order valence-corrected chi connectivity index (χ2v) is 8.48. The van der Waals surface area contributed by atoms with E-state index in [2.05, 4.69) is 22.3 Å². The number of benzene rings is 1. The van der Waals surface area contributed by atoms with E-state index in [1.54, 1.807) is 12.1 Å². The van der Waals surface area contributed by atoms with Crippen LogP contribution in [0.1, 0.15) is 54.1 Å². The van der Waals surface area contributed by atoms with Crippen molar-refractivity contribution in [2.75, 3.05) is 12.4 Å². The molecule has 3 aromatic rings. The van der Waals surface area contributed by atoms with Crippen LogP contribution in [-0.4, -0.2) is 27.8 Å². The van der Waals surface area contributed by atoms with Crippen LogP contribution in [0.5, 0.6) is 5.75 Å². The number of methoxy groups -OCH3 is 1. The molecule has 1 aromatic carbocycles. The summed E-state index contributed by atoms with van der Waals surface area (Å²) in [5.41, 5.74) is 0.01000. The van der Waals surface area contributed by atoms with Crippen LogP contribution in [0.25, 0.3) is 10.9 Å². The summed E-state index contributed by atoms with van der Waals surface area (Å²) in [4.78, 5) is 15.8. The van der Waals surface area contributed by atoms with Gasteiger partial charge in [-0.05, 0) is 37.7 Å². The fourth-order valence-corrected chi connectivity index (χ4v) is 4.43. The zero-order valence-corrected chi connectivity index (χ0v) is 17.3. The molecule has 1 N–H and O–H groups in total. The number of aromatic nitrogens is 3. The van der Waals surface area contributed by atoms with Crippen molar-refractivity contribution in [3.63, 3.8) is 0 Å². The molecule has 0 saturated heterocycles. The predicted octanol–water partition coefficient (Wildman–Crippen LogP) is 5.52. The molecular weight excluding hydrogens is 417 g/mol. The average Bonchev–Trinajstić information content (AvgIpc) is 3.35. The number of nitrogens with zero attached hydrogens (tertiary/aromatic N) is 3. The monoisotopic (exact) mass is 438 g/mol. The molecule has 0 spiro atoms. The minimum atomic E-state index is -4.59. The van der Waals surface area contributed by atoms with Crippen molar-refractivity contribution >= 4 is 33.8 Å². The quantitative estimate of drug-likeness (QED) is 0.582. The van der Waals surface area contributed by atoms with Gasteiger partial charge in [-0.3, -0.25) is 9.48 Å². The number of nitrogens with one attached hydrogen (secondary N) is 1. The van der Waals surface area contributed by atoms with E-state index >= 15 is 0 Å². The number of thiazole rings is 1. The highest BCUT2D eigenvalue weighted by molar-refractivity contribution is 7.11. The first-order chi connectivity index (χ1) is 14.2. The molecule has 1 aliphatic carbocycles. The Kier molecular flexibility index (Phi) is 5.44. The van der Waals surface area contributed by atoms with Crippen molar-refractivity contribution in [3.8, 4) is 5.75 Å². The Bertz CT molecular complexity index is 1070.